The van der Waals surface area contributed by atoms with E-state index < -0.39 is 0 Å². The molecule has 1 saturated carbocycles. The van der Waals surface area contributed by atoms with Crippen molar-refractivity contribution in [1.82, 2.24) is 10.2 Å². The van der Waals surface area contributed by atoms with E-state index in [4.69, 9.17) is 5.73 Å². The Morgan fingerprint density at radius 2 is 2.08 bits per heavy atom. The second-order valence-electron chi connectivity index (χ2n) is 3.55. The first-order valence-electron chi connectivity index (χ1n) is 4.92. The van der Waals surface area contributed by atoms with Crippen LogP contribution in [0.2, 0.25) is 0 Å². The molecule has 0 spiro atoms. The molecule has 1 aliphatic carbocycles. The largest absolute Gasteiger partial charge is 0.330 e. The Bertz CT molecular complexity index is 266. The molecule has 0 aliphatic heterocycles. The van der Waals surface area contributed by atoms with Crippen LogP contribution in [0.25, 0.3) is 0 Å². The lowest BCUT2D eigenvalue weighted by Crippen LogP contribution is -2.01. The van der Waals surface area contributed by atoms with Gasteiger partial charge in [0.1, 0.15) is 10.0 Å². The third kappa shape index (κ3) is 2.06. The van der Waals surface area contributed by atoms with Gasteiger partial charge in [-0.05, 0) is 19.4 Å². The molecule has 13 heavy (non-hydrogen) atoms. The van der Waals surface area contributed by atoms with Gasteiger partial charge in [0.15, 0.2) is 0 Å². The van der Waals surface area contributed by atoms with Crippen LogP contribution in [0.5, 0.6) is 0 Å². The zero-order valence-corrected chi connectivity index (χ0v) is 8.52. The minimum absolute atomic E-state index is 0.680. The van der Waals surface area contributed by atoms with Crippen LogP contribution in [0.15, 0.2) is 0 Å². The lowest BCUT2D eigenvalue weighted by molar-refractivity contribution is 0.703. The van der Waals surface area contributed by atoms with Gasteiger partial charge in [0.2, 0.25) is 0 Å². The molecule has 1 fully saturated rings. The number of aromatic nitrogens is 2. The first-order chi connectivity index (χ1) is 6.40. The average molecular weight is 197 g/mol. The molecular formula is C9H15N3S. The highest BCUT2D eigenvalue weighted by Gasteiger charge is 2.20. The van der Waals surface area contributed by atoms with E-state index >= 15 is 0 Å². The molecule has 1 aromatic heterocycles. The van der Waals surface area contributed by atoms with E-state index in [1.165, 1.54) is 30.7 Å². The van der Waals surface area contributed by atoms with E-state index in [9.17, 15) is 0 Å². The van der Waals surface area contributed by atoms with Gasteiger partial charge in [0, 0.05) is 12.3 Å². The van der Waals surface area contributed by atoms with Crippen LogP contribution in [-0.2, 0) is 6.42 Å². The fraction of sp³-hybridized carbons (Fsp3) is 0.778. The van der Waals surface area contributed by atoms with Gasteiger partial charge in [-0.2, -0.15) is 0 Å². The standard InChI is InChI=1S/C9H15N3S/c10-6-5-8-11-12-9(13-8)7-3-1-2-4-7/h7H,1-6,10H2. The monoisotopic (exact) mass is 197 g/mol. The van der Waals surface area contributed by atoms with Crippen molar-refractivity contribution in [2.75, 3.05) is 6.54 Å². The summed E-state index contributed by atoms with van der Waals surface area (Å²) < 4.78 is 0. The minimum atomic E-state index is 0.680. The molecule has 1 aromatic rings. The molecular weight excluding hydrogens is 182 g/mol. The number of hydrogen-bond donors (Lipinski definition) is 1. The van der Waals surface area contributed by atoms with Gasteiger partial charge in [-0.15, -0.1) is 21.5 Å². The van der Waals surface area contributed by atoms with Crippen LogP contribution < -0.4 is 5.73 Å². The summed E-state index contributed by atoms with van der Waals surface area (Å²) in [4.78, 5) is 0. The Morgan fingerprint density at radius 1 is 1.31 bits per heavy atom. The predicted molar refractivity (Wildman–Crippen MR) is 53.9 cm³/mol. The summed E-state index contributed by atoms with van der Waals surface area (Å²) in [6.45, 7) is 0.680. The van der Waals surface area contributed by atoms with E-state index in [1.54, 1.807) is 11.3 Å². The topological polar surface area (TPSA) is 51.8 Å². The van der Waals surface area contributed by atoms with Crippen molar-refractivity contribution in [1.29, 1.82) is 0 Å². The molecule has 2 rings (SSSR count). The number of nitrogens with two attached hydrogens (primary N) is 1. The molecule has 2 N–H and O–H groups in total. The Labute approximate surface area is 82.4 Å². The Hall–Kier alpha value is -0.480. The average Bonchev–Trinajstić information content (AvgIpc) is 2.70. The highest BCUT2D eigenvalue weighted by molar-refractivity contribution is 7.11. The second kappa shape index (κ2) is 4.15. The molecule has 0 aromatic carbocycles. The zero-order valence-electron chi connectivity index (χ0n) is 7.70. The highest BCUT2D eigenvalue weighted by atomic mass is 32.1. The quantitative estimate of drug-likeness (QED) is 0.802. The van der Waals surface area contributed by atoms with Crippen LogP contribution in [-0.4, -0.2) is 16.7 Å². The Morgan fingerprint density at radius 3 is 2.77 bits per heavy atom. The molecule has 72 valence electrons. The van der Waals surface area contributed by atoms with Gasteiger partial charge >= 0.3 is 0 Å². The van der Waals surface area contributed by atoms with Gasteiger partial charge < -0.3 is 5.73 Å². The fourth-order valence-electron chi connectivity index (χ4n) is 1.83. The van der Waals surface area contributed by atoms with Crippen molar-refractivity contribution in [3.05, 3.63) is 10.0 Å². The Balaban J connectivity index is 2.03. The van der Waals surface area contributed by atoms with E-state index in [0.717, 1.165) is 11.4 Å². The third-order valence-corrected chi connectivity index (χ3v) is 3.69. The van der Waals surface area contributed by atoms with E-state index in [1.807, 2.05) is 0 Å². The molecule has 3 nitrogen and oxygen atoms in total. The molecule has 0 radical (unpaired) electrons. The molecule has 0 atom stereocenters. The first-order valence-corrected chi connectivity index (χ1v) is 5.74. The third-order valence-electron chi connectivity index (χ3n) is 2.55. The second-order valence-corrected chi connectivity index (χ2v) is 4.65. The molecule has 0 saturated heterocycles. The summed E-state index contributed by atoms with van der Waals surface area (Å²) in [6.07, 6.45) is 6.20. The maximum absolute atomic E-state index is 5.46. The van der Waals surface area contributed by atoms with Gasteiger partial charge in [-0.25, -0.2) is 0 Å². The fourth-order valence-corrected chi connectivity index (χ4v) is 2.86. The summed E-state index contributed by atoms with van der Waals surface area (Å²) in [5.74, 6) is 0.698. The molecule has 0 bridgehead atoms. The summed E-state index contributed by atoms with van der Waals surface area (Å²) in [5.41, 5.74) is 5.46. The predicted octanol–water partition coefficient (Wildman–Crippen LogP) is 1.70. The number of nitrogens with zero attached hydrogens (tertiary/aromatic N) is 2. The molecule has 0 amide bonds. The molecule has 0 unspecified atom stereocenters. The summed E-state index contributed by atoms with van der Waals surface area (Å²) in [5, 5.41) is 10.7. The highest BCUT2D eigenvalue weighted by Crippen LogP contribution is 2.35. The lowest BCUT2D eigenvalue weighted by atomic mass is 10.1. The summed E-state index contributed by atoms with van der Waals surface area (Å²) >= 11 is 1.75. The maximum atomic E-state index is 5.46. The van der Waals surface area contributed by atoms with Crippen molar-refractivity contribution in [3.63, 3.8) is 0 Å². The molecule has 1 aliphatic rings. The van der Waals surface area contributed by atoms with Crippen LogP contribution in [0, 0.1) is 0 Å². The van der Waals surface area contributed by atoms with Crippen molar-refractivity contribution < 1.29 is 0 Å². The smallest absolute Gasteiger partial charge is 0.120 e. The first kappa shape index (κ1) is 9.09. The number of rotatable bonds is 3. The molecule has 4 heteroatoms. The van der Waals surface area contributed by atoms with Gasteiger partial charge in [-0.1, -0.05) is 12.8 Å². The van der Waals surface area contributed by atoms with Crippen LogP contribution >= 0.6 is 11.3 Å². The van der Waals surface area contributed by atoms with Gasteiger partial charge in [0.05, 0.1) is 0 Å². The maximum Gasteiger partial charge on any atom is 0.120 e. The van der Waals surface area contributed by atoms with E-state index in [-0.39, 0.29) is 0 Å². The van der Waals surface area contributed by atoms with Crippen LogP contribution in [0.4, 0.5) is 0 Å². The SMILES string of the molecule is NCCc1nnc(C2CCCC2)s1. The van der Waals surface area contributed by atoms with Gasteiger partial charge in [-0.3, -0.25) is 0 Å². The van der Waals surface area contributed by atoms with Gasteiger partial charge in [0.25, 0.3) is 0 Å². The van der Waals surface area contributed by atoms with E-state index in [2.05, 4.69) is 10.2 Å². The Kier molecular flexibility index (Phi) is 2.90. The van der Waals surface area contributed by atoms with Crippen molar-refractivity contribution in [3.8, 4) is 0 Å². The van der Waals surface area contributed by atoms with Crippen LogP contribution in [0.3, 0.4) is 0 Å². The summed E-state index contributed by atoms with van der Waals surface area (Å²) in [6, 6.07) is 0. The number of hydrogen-bond acceptors (Lipinski definition) is 4. The minimum Gasteiger partial charge on any atom is -0.330 e. The lowest BCUT2D eigenvalue weighted by Gasteiger charge is -2.00. The normalized spacial score (nSPS) is 18.2. The van der Waals surface area contributed by atoms with Crippen molar-refractivity contribution >= 4 is 11.3 Å². The van der Waals surface area contributed by atoms with Crippen molar-refractivity contribution in [2.45, 2.75) is 38.0 Å². The summed E-state index contributed by atoms with van der Waals surface area (Å²) in [7, 11) is 0. The van der Waals surface area contributed by atoms with E-state index in [0.29, 0.717) is 12.5 Å². The zero-order chi connectivity index (χ0) is 9.10. The van der Waals surface area contributed by atoms with Crippen LogP contribution in [0.1, 0.15) is 41.6 Å². The van der Waals surface area contributed by atoms with Crippen molar-refractivity contribution in [2.24, 2.45) is 5.73 Å². The molecule has 1 heterocycles.